The van der Waals surface area contributed by atoms with Crippen LogP contribution in [-0.2, 0) is 30.2 Å². The Morgan fingerprint density at radius 2 is 1.90 bits per heavy atom. The van der Waals surface area contributed by atoms with Crippen LogP contribution in [0.1, 0.15) is 43.0 Å². The fraction of sp³-hybridized carbons (Fsp3) is 0.417. The lowest BCUT2D eigenvalue weighted by molar-refractivity contribution is -0.130. The number of aryl methyl sites for hydroxylation is 1. The molecule has 3 aromatic rings. The molecular weight excluding hydrogens is 388 g/mol. The van der Waals surface area contributed by atoms with Gasteiger partial charge in [-0.1, -0.05) is 30.3 Å². The van der Waals surface area contributed by atoms with Gasteiger partial charge in [-0.25, -0.2) is 9.97 Å². The highest BCUT2D eigenvalue weighted by Gasteiger charge is 2.44. The second kappa shape index (κ2) is 7.80. The van der Waals surface area contributed by atoms with E-state index in [1.165, 1.54) is 11.3 Å². The first kappa shape index (κ1) is 19.7. The lowest BCUT2D eigenvalue weighted by Gasteiger charge is -2.39. The second-order valence-corrected chi connectivity index (χ2v) is 8.75. The average Bonchev–Trinajstić information content (AvgIpc) is 3.37. The number of fused-ring (bicyclic) bond motifs is 2. The van der Waals surface area contributed by atoms with Gasteiger partial charge in [0.25, 0.3) is 0 Å². The van der Waals surface area contributed by atoms with Crippen LogP contribution in [0, 0.1) is 0 Å². The average molecular weight is 417 g/mol. The van der Waals surface area contributed by atoms with Gasteiger partial charge in [0.2, 0.25) is 5.91 Å². The number of benzene rings is 1. The van der Waals surface area contributed by atoms with Crippen LogP contribution in [0.3, 0.4) is 0 Å². The van der Waals surface area contributed by atoms with E-state index in [4.69, 9.17) is 9.97 Å². The number of hydrogen-bond acceptors (Lipinski definition) is 5. The van der Waals surface area contributed by atoms with E-state index in [-0.39, 0.29) is 11.3 Å². The zero-order chi connectivity index (χ0) is 21.4. The standard InChI is InChI=1S/C24H28N6O/c1-17(31)30-12-10-24(11-13-30)9-8-20-21(24)27-22(19-6-4-3-5-7-19)28-23(20)25-14-18-15-26-29(2)16-18/h3-7,15-16H,8-14H2,1-2H3,(H,25,27,28). The van der Waals surface area contributed by atoms with Gasteiger partial charge in [0.15, 0.2) is 5.82 Å². The van der Waals surface area contributed by atoms with Gasteiger partial charge in [0.1, 0.15) is 5.82 Å². The maximum atomic E-state index is 11.8. The summed E-state index contributed by atoms with van der Waals surface area (Å²) in [5.41, 5.74) is 4.60. The topological polar surface area (TPSA) is 75.9 Å². The maximum absolute atomic E-state index is 11.8. The fourth-order valence-corrected chi connectivity index (χ4v) is 4.99. The molecule has 1 amide bonds. The van der Waals surface area contributed by atoms with Gasteiger partial charge in [0, 0.05) is 61.9 Å². The van der Waals surface area contributed by atoms with E-state index in [0.29, 0.717) is 6.54 Å². The molecule has 1 N–H and O–H groups in total. The first-order valence-electron chi connectivity index (χ1n) is 11.0. The number of anilines is 1. The Hall–Kier alpha value is -3.22. The predicted octanol–water partition coefficient (Wildman–Crippen LogP) is 3.32. The highest BCUT2D eigenvalue weighted by molar-refractivity contribution is 5.73. The molecule has 0 saturated carbocycles. The summed E-state index contributed by atoms with van der Waals surface area (Å²) < 4.78 is 1.81. The quantitative estimate of drug-likeness (QED) is 0.706. The van der Waals surface area contributed by atoms with E-state index in [2.05, 4.69) is 22.5 Å². The van der Waals surface area contributed by atoms with Gasteiger partial charge in [-0.05, 0) is 25.7 Å². The molecule has 7 nitrogen and oxygen atoms in total. The largest absolute Gasteiger partial charge is 0.366 e. The molecule has 1 fully saturated rings. The van der Waals surface area contributed by atoms with Crippen LogP contribution in [-0.4, -0.2) is 43.6 Å². The van der Waals surface area contributed by atoms with Crippen LogP contribution in [0.2, 0.25) is 0 Å². The summed E-state index contributed by atoms with van der Waals surface area (Å²) in [6.07, 6.45) is 7.87. The molecule has 31 heavy (non-hydrogen) atoms. The number of likely N-dealkylation sites (tertiary alicyclic amines) is 1. The molecule has 0 unspecified atom stereocenters. The number of rotatable bonds is 4. The Morgan fingerprint density at radius 1 is 1.13 bits per heavy atom. The highest BCUT2D eigenvalue weighted by atomic mass is 16.2. The van der Waals surface area contributed by atoms with Gasteiger partial charge >= 0.3 is 0 Å². The molecule has 1 spiro atoms. The zero-order valence-corrected chi connectivity index (χ0v) is 18.1. The van der Waals surface area contributed by atoms with Crippen LogP contribution in [0.4, 0.5) is 5.82 Å². The number of hydrogen-bond donors (Lipinski definition) is 1. The van der Waals surface area contributed by atoms with Crippen molar-refractivity contribution in [3.05, 3.63) is 59.5 Å². The number of nitrogens with one attached hydrogen (secondary N) is 1. The molecule has 0 bridgehead atoms. The van der Waals surface area contributed by atoms with Crippen molar-refractivity contribution < 1.29 is 4.79 Å². The SMILES string of the molecule is CC(=O)N1CCC2(CCc3c(NCc4cnn(C)c4)nc(-c4ccccc4)nc32)CC1. The third-order valence-electron chi connectivity index (χ3n) is 6.78. The number of piperidine rings is 1. The number of carbonyl (C=O) groups excluding carboxylic acids is 1. The van der Waals surface area contributed by atoms with Crippen molar-refractivity contribution in [3.8, 4) is 11.4 Å². The van der Waals surface area contributed by atoms with Crippen molar-refractivity contribution in [2.24, 2.45) is 7.05 Å². The predicted molar refractivity (Wildman–Crippen MR) is 119 cm³/mol. The van der Waals surface area contributed by atoms with Crippen molar-refractivity contribution >= 4 is 11.7 Å². The molecule has 0 radical (unpaired) electrons. The van der Waals surface area contributed by atoms with Gasteiger partial charge in [-0.15, -0.1) is 0 Å². The first-order valence-corrected chi connectivity index (χ1v) is 11.0. The van der Waals surface area contributed by atoms with Crippen LogP contribution < -0.4 is 5.32 Å². The van der Waals surface area contributed by atoms with Gasteiger partial charge in [0.05, 0.1) is 11.9 Å². The summed E-state index contributed by atoms with van der Waals surface area (Å²) in [6.45, 7) is 3.95. The molecule has 7 heteroatoms. The molecular formula is C24H28N6O. The third kappa shape index (κ3) is 3.69. The van der Waals surface area contributed by atoms with E-state index >= 15 is 0 Å². The van der Waals surface area contributed by atoms with Crippen LogP contribution >= 0.6 is 0 Å². The summed E-state index contributed by atoms with van der Waals surface area (Å²) in [5.74, 6) is 1.86. The Bertz CT molecular complexity index is 1100. The van der Waals surface area contributed by atoms with E-state index in [9.17, 15) is 4.79 Å². The molecule has 160 valence electrons. The minimum absolute atomic E-state index is 0.0402. The Kier molecular flexibility index (Phi) is 4.96. The van der Waals surface area contributed by atoms with Gasteiger partial charge in [-0.3, -0.25) is 9.48 Å². The Balaban J connectivity index is 1.51. The van der Waals surface area contributed by atoms with E-state index < -0.39 is 0 Å². The summed E-state index contributed by atoms with van der Waals surface area (Å²) in [5, 5.41) is 7.83. The lowest BCUT2D eigenvalue weighted by Crippen LogP contribution is -2.43. The molecule has 1 aliphatic heterocycles. The van der Waals surface area contributed by atoms with Crippen LogP contribution in [0.5, 0.6) is 0 Å². The van der Waals surface area contributed by atoms with Crippen molar-refractivity contribution in [2.45, 2.75) is 44.6 Å². The third-order valence-corrected chi connectivity index (χ3v) is 6.78. The molecule has 3 heterocycles. The minimum Gasteiger partial charge on any atom is -0.366 e. The van der Waals surface area contributed by atoms with Crippen molar-refractivity contribution in [3.63, 3.8) is 0 Å². The second-order valence-electron chi connectivity index (χ2n) is 8.75. The summed E-state index contributed by atoms with van der Waals surface area (Å²) in [6, 6.07) is 10.2. The smallest absolute Gasteiger partial charge is 0.219 e. The maximum Gasteiger partial charge on any atom is 0.219 e. The molecule has 2 aromatic heterocycles. The summed E-state index contributed by atoms with van der Waals surface area (Å²) >= 11 is 0. The zero-order valence-electron chi connectivity index (χ0n) is 18.1. The van der Waals surface area contributed by atoms with Gasteiger partial charge < -0.3 is 10.2 Å². The molecule has 0 atom stereocenters. The van der Waals surface area contributed by atoms with Crippen molar-refractivity contribution in [2.75, 3.05) is 18.4 Å². The lowest BCUT2D eigenvalue weighted by atomic mass is 9.76. The van der Waals surface area contributed by atoms with Crippen LogP contribution in [0.25, 0.3) is 11.4 Å². The van der Waals surface area contributed by atoms with E-state index in [0.717, 1.165) is 61.5 Å². The van der Waals surface area contributed by atoms with Crippen molar-refractivity contribution in [1.29, 1.82) is 0 Å². The van der Waals surface area contributed by atoms with Crippen molar-refractivity contribution in [1.82, 2.24) is 24.6 Å². The van der Waals surface area contributed by atoms with Gasteiger partial charge in [-0.2, -0.15) is 5.10 Å². The van der Waals surface area contributed by atoms with Crippen LogP contribution in [0.15, 0.2) is 42.7 Å². The Labute approximate surface area is 182 Å². The fourth-order valence-electron chi connectivity index (χ4n) is 4.99. The molecule has 2 aliphatic rings. The van der Waals surface area contributed by atoms with E-state index in [1.54, 1.807) is 6.92 Å². The number of aromatic nitrogens is 4. The Morgan fingerprint density at radius 3 is 2.58 bits per heavy atom. The number of carbonyl (C=O) groups is 1. The number of nitrogens with zero attached hydrogens (tertiary/aromatic N) is 5. The molecule has 5 rings (SSSR count). The monoisotopic (exact) mass is 416 g/mol. The number of amides is 1. The normalized spacial score (nSPS) is 17.0. The van der Waals surface area contributed by atoms with E-state index in [1.807, 2.05) is 47.2 Å². The molecule has 1 aliphatic carbocycles. The first-order chi connectivity index (χ1) is 15.0. The molecule has 1 saturated heterocycles. The highest BCUT2D eigenvalue weighted by Crippen LogP contribution is 2.47. The minimum atomic E-state index is 0.0402. The summed E-state index contributed by atoms with van der Waals surface area (Å²) in [7, 11) is 1.93. The summed E-state index contributed by atoms with van der Waals surface area (Å²) in [4.78, 5) is 23.9. The molecule has 1 aromatic carbocycles.